The van der Waals surface area contributed by atoms with E-state index in [4.69, 9.17) is 0 Å². The van der Waals surface area contributed by atoms with E-state index in [0.717, 1.165) is 25.3 Å². The van der Waals surface area contributed by atoms with Crippen LogP contribution in [0.15, 0.2) is 12.1 Å². The van der Waals surface area contributed by atoms with Gasteiger partial charge in [0.05, 0.1) is 17.1 Å². The summed E-state index contributed by atoms with van der Waals surface area (Å²) in [5.74, 6) is 2.14. The molecule has 1 aromatic rings. The van der Waals surface area contributed by atoms with Gasteiger partial charge in [-0.15, -0.1) is 0 Å². The molecule has 0 radical (unpaired) electrons. The topological polar surface area (TPSA) is 71.3 Å². The van der Waals surface area contributed by atoms with Gasteiger partial charge in [-0.2, -0.15) is 11.8 Å². The van der Waals surface area contributed by atoms with E-state index in [2.05, 4.69) is 10.3 Å². The number of thioether (sulfide) groups is 1. The smallest absolute Gasteiger partial charge is 0.276 e. The first-order valence-corrected chi connectivity index (χ1v) is 7.58. The summed E-state index contributed by atoms with van der Waals surface area (Å²) in [4.78, 5) is 16.9. The van der Waals surface area contributed by atoms with Crippen LogP contribution in [-0.4, -0.2) is 42.1 Å². The fourth-order valence-electron chi connectivity index (χ4n) is 1.49. The van der Waals surface area contributed by atoms with Crippen molar-refractivity contribution in [2.24, 2.45) is 0 Å². The first kappa shape index (κ1) is 15.6. The fraction of sp³-hybridized carbons (Fsp3) is 0.583. The molecule has 1 rings (SSSR count). The van der Waals surface area contributed by atoms with Crippen LogP contribution in [0.25, 0.3) is 0 Å². The van der Waals surface area contributed by atoms with Crippen LogP contribution in [0.4, 0.5) is 17.3 Å². The third-order valence-electron chi connectivity index (χ3n) is 2.59. The predicted octanol–water partition coefficient (Wildman–Crippen LogP) is 2.61. The minimum atomic E-state index is -0.384. The second kappa shape index (κ2) is 7.83. The van der Waals surface area contributed by atoms with Crippen LogP contribution in [0.2, 0.25) is 0 Å². The van der Waals surface area contributed by atoms with Crippen LogP contribution in [0, 0.1) is 10.1 Å². The number of hydrogen-bond donors (Lipinski definition) is 1. The average molecular weight is 284 g/mol. The maximum atomic E-state index is 10.9. The van der Waals surface area contributed by atoms with Gasteiger partial charge >= 0.3 is 0 Å². The van der Waals surface area contributed by atoms with Crippen LogP contribution in [0.5, 0.6) is 0 Å². The van der Waals surface area contributed by atoms with Gasteiger partial charge in [0.15, 0.2) is 0 Å². The molecule has 0 aliphatic rings. The van der Waals surface area contributed by atoms with Crippen LogP contribution in [0.3, 0.4) is 0 Å². The standard InChI is InChI=1S/C12H20N4O2S/c1-4-5-13-11-8-10(16(17)18)9-12(14-11)15(2)6-7-19-3/h8-9H,4-7H2,1-3H3,(H,13,14). The molecule has 19 heavy (non-hydrogen) atoms. The summed E-state index contributed by atoms with van der Waals surface area (Å²) < 4.78 is 0. The molecule has 0 saturated carbocycles. The van der Waals surface area contributed by atoms with Crippen molar-refractivity contribution in [2.75, 3.05) is 42.4 Å². The molecule has 0 atom stereocenters. The second-order valence-corrected chi connectivity index (χ2v) is 5.15. The summed E-state index contributed by atoms with van der Waals surface area (Å²) in [5, 5.41) is 14.0. The molecular weight excluding hydrogens is 264 g/mol. The molecule has 106 valence electrons. The molecule has 0 spiro atoms. The lowest BCUT2D eigenvalue weighted by Gasteiger charge is -2.18. The predicted molar refractivity (Wildman–Crippen MR) is 81.3 cm³/mol. The summed E-state index contributed by atoms with van der Waals surface area (Å²) in [7, 11) is 1.89. The zero-order valence-corrected chi connectivity index (χ0v) is 12.4. The zero-order chi connectivity index (χ0) is 14.3. The molecule has 6 nitrogen and oxygen atoms in total. The molecule has 1 N–H and O–H groups in total. The van der Waals surface area contributed by atoms with Crippen molar-refractivity contribution in [1.82, 2.24) is 4.98 Å². The average Bonchev–Trinajstić information content (AvgIpc) is 2.42. The number of nitro groups is 1. The van der Waals surface area contributed by atoms with Gasteiger partial charge in [0.1, 0.15) is 11.6 Å². The number of hydrogen-bond acceptors (Lipinski definition) is 6. The molecule has 0 fully saturated rings. The quantitative estimate of drug-likeness (QED) is 0.584. The van der Waals surface area contributed by atoms with E-state index in [1.165, 1.54) is 12.1 Å². The lowest BCUT2D eigenvalue weighted by molar-refractivity contribution is -0.384. The normalized spacial score (nSPS) is 10.3. The summed E-state index contributed by atoms with van der Waals surface area (Å²) in [6.45, 7) is 3.60. The fourth-order valence-corrected chi connectivity index (χ4v) is 1.95. The molecule has 0 amide bonds. The van der Waals surface area contributed by atoms with Crippen molar-refractivity contribution in [3.8, 4) is 0 Å². The minimum Gasteiger partial charge on any atom is -0.370 e. The third kappa shape index (κ3) is 4.94. The second-order valence-electron chi connectivity index (χ2n) is 4.17. The molecule has 0 unspecified atom stereocenters. The number of aromatic nitrogens is 1. The molecular formula is C12H20N4O2S. The Kier molecular flexibility index (Phi) is 6.41. The number of nitrogens with one attached hydrogen (secondary N) is 1. The van der Waals surface area contributed by atoms with Gasteiger partial charge in [-0.05, 0) is 12.7 Å². The highest BCUT2D eigenvalue weighted by atomic mass is 32.2. The Morgan fingerprint density at radius 2 is 2.26 bits per heavy atom. The Hall–Kier alpha value is -1.50. The summed E-state index contributed by atoms with van der Waals surface area (Å²) >= 11 is 1.73. The van der Waals surface area contributed by atoms with Gasteiger partial charge in [-0.3, -0.25) is 10.1 Å². The zero-order valence-electron chi connectivity index (χ0n) is 11.5. The number of pyridine rings is 1. The Morgan fingerprint density at radius 3 is 2.84 bits per heavy atom. The summed E-state index contributed by atoms with van der Waals surface area (Å²) in [5.41, 5.74) is 0.0691. The summed E-state index contributed by atoms with van der Waals surface area (Å²) in [6, 6.07) is 2.99. The first-order chi connectivity index (χ1) is 9.08. The Bertz CT molecular complexity index is 428. The highest BCUT2D eigenvalue weighted by Crippen LogP contribution is 2.22. The Morgan fingerprint density at radius 1 is 1.53 bits per heavy atom. The van der Waals surface area contributed by atoms with Crippen LogP contribution in [0.1, 0.15) is 13.3 Å². The molecule has 1 aromatic heterocycles. The van der Waals surface area contributed by atoms with Gasteiger partial charge in [0.25, 0.3) is 5.69 Å². The van der Waals surface area contributed by atoms with E-state index >= 15 is 0 Å². The maximum Gasteiger partial charge on any atom is 0.276 e. The van der Waals surface area contributed by atoms with E-state index in [9.17, 15) is 10.1 Å². The van der Waals surface area contributed by atoms with E-state index < -0.39 is 0 Å². The molecule has 0 aromatic carbocycles. The SMILES string of the molecule is CCCNc1cc([N+](=O)[O-])cc(N(C)CCSC)n1. The number of nitrogens with zero attached hydrogens (tertiary/aromatic N) is 3. The number of anilines is 2. The van der Waals surface area contributed by atoms with Gasteiger partial charge < -0.3 is 10.2 Å². The molecule has 0 aliphatic heterocycles. The summed E-state index contributed by atoms with van der Waals surface area (Å²) in [6.07, 6.45) is 2.98. The third-order valence-corrected chi connectivity index (χ3v) is 3.18. The molecule has 0 bridgehead atoms. The monoisotopic (exact) mass is 284 g/mol. The van der Waals surface area contributed by atoms with E-state index in [1.807, 2.05) is 25.1 Å². The molecule has 0 saturated heterocycles. The first-order valence-electron chi connectivity index (χ1n) is 6.19. The maximum absolute atomic E-state index is 10.9. The van der Waals surface area contributed by atoms with Gasteiger partial charge in [0.2, 0.25) is 0 Å². The highest BCUT2D eigenvalue weighted by Gasteiger charge is 2.13. The van der Waals surface area contributed by atoms with Gasteiger partial charge in [0, 0.05) is 25.9 Å². The lowest BCUT2D eigenvalue weighted by atomic mass is 10.3. The van der Waals surface area contributed by atoms with Crippen LogP contribution in [-0.2, 0) is 0 Å². The van der Waals surface area contributed by atoms with Crippen molar-refractivity contribution >= 4 is 29.1 Å². The number of rotatable bonds is 8. The minimum absolute atomic E-state index is 0.0691. The molecule has 1 heterocycles. The van der Waals surface area contributed by atoms with E-state index in [1.54, 1.807) is 11.8 Å². The molecule has 0 aliphatic carbocycles. The van der Waals surface area contributed by atoms with Crippen molar-refractivity contribution in [3.05, 3.63) is 22.2 Å². The van der Waals surface area contributed by atoms with Crippen LogP contribution < -0.4 is 10.2 Å². The van der Waals surface area contributed by atoms with Gasteiger partial charge in [-0.25, -0.2) is 4.98 Å². The van der Waals surface area contributed by atoms with Crippen LogP contribution >= 0.6 is 11.8 Å². The largest absolute Gasteiger partial charge is 0.370 e. The van der Waals surface area contributed by atoms with E-state index in [0.29, 0.717) is 11.6 Å². The Balaban J connectivity index is 2.94. The lowest BCUT2D eigenvalue weighted by Crippen LogP contribution is -2.22. The Labute approximate surface area is 117 Å². The van der Waals surface area contributed by atoms with Crippen molar-refractivity contribution < 1.29 is 4.92 Å². The van der Waals surface area contributed by atoms with Crippen molar-refractivity contribution in [2.45, 2.75) is 13.3 Å². The van der Waals surface area contributed by atoms with Gasteiger partial charge in [-0.1, -0.05) is 6.92 Å². The van der Waals surface area contributed by atoms with Crippen molar-refractivity contribution in [1.29, 1.82) is 0 Å². The highest BCUT2D eigenvalue weighted by molar-refractivity contribution is 7.98. The molecule has 7 heteroatoms. The van der Waals surface area contributed by atoms with E-state index in [-0.39, 0.29) is 10.6 Å². The van der Waals surface area contributed by atoms with Crippen molar-refractivity contribution in [3.63, 3.8) is 0 Å².